The molecule has 1 fully saturated rings. The topological polar surface area (TPSA) is 58.6 Å². The third-order valence-electron chi connectivity index (χ3n) is 3.08. The first-order chi connectivity index (χ1) is 6.84. The van der Waals surface area contributed by atoms with Crippen LogP contribution >= 0.6 is 0 Å². The number of ether oxygens (including phenoxy) is 1. The van der Waals surface area contributed by atoms with Crippen LogP contribution in [0.2, 0.25) is 0 Å². The molecule has 0 spiro atoms. The summed E-state index contributed by atoms with van der Waals surface area (Å²) in [6, 6.07) is 0.201. The van der Waals surface area contributed by atoms with Crippen LogP contribution in [0.1, 0.15) is 34.1 Å². The van der Waals surface area contributed by atoms with Crippen molar-refractivity contribution in [2.24, 2.45) is 5.41 Å². The highest BCUT2D eigenvalue weighted by Gasteiger charge is 2.47. The second-order valence-electron chi connectivity index (χ2n) is 5.04. The molecule has 0 saturated heterocycles. The molecule has 1 aliphatic rings. The molecule has 88 valence electrons. The summed E-state index contributed by atoms with van der Waals surface area (Å²) in [6.07, 6.45) is 0.373. The van der Waals surface area contributed by atoms with E-state index in [1.807, 2.05) is 27.7 Å². The molecule has 1 saturated carbocycles. The molecule has 0 bridgehead atoms. The SMILES string of the molecule is CC(C)OC(=O)CNC1CC(O)C1(C)C. The Labute approximate surface area is 91.0 Å². The molecule has 4 nitrogen and oxygen atoms in total. The Morgan fingerprint density at radius 1 is 1.60 bits per heavy atom. The van der Waals surface area contributed by atoms with Crippen molar-refractivity contribution in [1.29, 1.82) is 0 Å². The van der Waals surface area contributed by atoms with Crippen LogP contribution in [0.5, 0.6) is 0 Å². The lowest BCUT2D eigenvalue weighted by atomic mass is 9.64. The summed E-state index contributed by atoms with van der Waals surface area (Å²) in [5.74, 6) is -0.234. The van der Waals surface area contributed by atoms with Crippen LogP contribution in [-0.4, -0.2) is 35.9 Å². The van der Waals surface area contributed by atoms with Crippen LogP contribution in [-0.2, 0) is 9.53 Å². The fourth-order valence-electron chi connectivity index (χ4n) is 1.76. The fourth-order valence-corrected chi connectivity index (χ4v) is 1.76. The van der Waals surface area contributed by atoms with Gasteiger partial charge in [-0.2, -0.15) is 0 Å². The molecule has 0 aromatic heterocycles. The number of aliphatic hydroxyl groups is 1. The number of carbonyl (C=O) groups is 1. The quantitative estimate of drug-likeness (QED) is 0.677. The van der Waals surface area contributed by atoms with Crippen molar-refractivity contribution >= 4 is 5.97 Å². The van der Waals surface area contributed by atoms with E-state index in [-0.39, 0.29) is 36.2 Å². The van der Waals surface area contributed by atoms with Crippen molar-refractivity contribution in [3.8, 4) is 0 Å². The van der Waals surface area contributed by atoms with Gasteiger partial charge in [0.1, 0.15) is 0 Å². The monoisotopic (exact) mass is 215 g/mol. The average Bonchev–Trinajstić information content (AvgIpc) is 2.10. The minimum atomic E-state index is -0.267. The third kappa shape index (κ3) is 2.92. The lowest BCUT2D eigenvalue weighted by Gasteiger charge is -2.49. The second-order valence-corrected chi connectivity index (χ2v) is 5.04. The number of rotatable bonds is 4. The Bertz CT molecular complexity index is 238. The van der Waals surface area contributed by atoms with E-state index in [1.165, 1.54) is 0 Å². The third-order valence-corrected chi connectivity index (χ3v) is 3.08. The first-order valence-corrected chi connectivity index (χ1v) is 5.45. The van der Waals surface area contributed by atoms with Gasteiger partial charge in [-0.3, -0.25) is 4.79 Å². The van der Waals surface area contributed by atoms with Gasteiger partial charge in [-0.15, -0.1) is 0 Å². The number of aliphatic hydroxyl groups excluding tert-OH is 1. The first kappa shape index (κ1) is 12.5. The fraction of sp³-hybridized carbons (Fsp3) is 0.909. The summed E-state index contributed by atoms with van der Waals surface area (Å²) >= 11 is 0. The maximum atomic E-state index is 11.2. The van der Waals surface area contributed by atoms with Crippen LogP contribution < -0.4 is 5.32 Å². The summed E-state index contributed by atoms with van der Waals surface area (Å²) in [5, 5.41) is 12.6. The van der Waals surface area contributed by atoms with E-state index in [4.69, 9.17) is 4.74 Å². The smallest absolute Gasteiger partial charge is 0.320 e. The molecule has 15 heavy (non-hydrogen) atoms. The van der Waals surface area contributed by atoms with E-state index < -0.39 is 0 Å². The van der Waals surface area contributed by atoms with Gasteiger partial charge in [-0.1, -0.05) is 13.8 Å². The van der Waals surface area contributed by atoms with Crippen molar-refractivity contribution in [2.45, 2.75) is 52.4 Å². The zero-order valence-electron chi connectivity index (χ0n) is 9.91. The van der Waals surface area contributed by atoms with Crippen LogP contribution in [0.4, 0.5) is 0 Å². The second kappa shape index (κ2) is 4.49. The number of nitrogens with one attached hydrogen (secondary N) is 1. The molecule has 1 rings (SSSR count). The molecule has 0 amide bonds. The molecule has 1 aliphatic carbocycles. The predicted octanol–water partition coefficient (Wildman–Crippen LogP) is 0.687. The lowest BCUT2D eigenvalue weighted by molar-refractivity contribution is -0.147. The van der Waals surface area contributed by atoms with Gasteiger partial charge in [0.25, 0.3) is 0 Å². The zero-order valence-corrected chi connectivity index (χ0v) is 9.91. The Morgan fingerprint density at radius 3 is 2.60 bits per heavy atom. The van der Waals surface area contributed by atoms with Gasteiger partial charge in [-0.05, 0) is 20.3 Å². The Balaban J connectivity index is 2.24. The predicted molar refractivity (Wildman–Crippen MR) is 57.4 cm³/mol. The van der Waals surface area contributed by atoms with Crippen molar-refractivity contribution in [3.63, 3.8) is 0 Å². The summed E-state index contributed by atoms with van der Waals surface area (Å²) in [5.41, 5.74) is -0.141. The first-order valence-electron chi connectivity index (χ1n) is 5.45. The minimum absolute atomic E-state index is 0.0701. The zero-order chi connectivity index (χ0) is 11.6. The molecule has 2 unspecified atom stereocenters. The largest absolute Gasteiger partial charge is 0.462 e. The van der Waals surface area contributed by atoms with Gasteiger partial charge in [0.15, 0.2) is 0 Å². The molecule has 2 atom stereocenters. The maximum absolute atomic E-state index is 11.2. The van der Waals surface area contributed by atoms with Crippen LogP contribution in [0.15, 0.2) is 0 Å². The van der Waals surface area contributed by atoms with E-state index >= 15 is 0 Å². The maximum Gasteiger partial charge on any atom is 0.320 e. The highest BCUT2D eigenvalue weighted by atomic mass is 16.5. The molecular formula is C11H21NO3. The van der Waals surface area contributed by atoms with Gasteiger partial charge in [0.05, 0.1) is 18.8 Å². The molecule has 0 heterocycles. The van der Waals surface area contributed by atoms with E-state index in [9.17, 15) is 9.90 Å². The van der Waals surface area contributed by atoms with Crippen LogP contribution in [0.25, 0.3) is 0 Å². The Hall–Kier alpha value is -0.610. The number of hydrogen-bond acceptors (Lipinski definition) is 4. The molecule has 0 aliphatic heterocycles. The van der Waals surface area contributed by atoms with E-state index in [1.54, 1.807) is 0 Å². The van der Waals surface area contributed by atoms with Crippen molar-refractivity contribution in [2.75, 3.05) is 6.54 Å². The van der Waals surface area contributed by atoms with Crippen LogP contribution in [0, 0.1) is 5.41 Å². The van der Waals surface area contributed by atoms with Crippen molar-refractivity contribution < 1.29 is 14.6 Å². The standard InChI is InChI=1S/C11H21NO3/c1-7(2)15-10(14)6-12-8-5-9(13)11(8,3)4/h7-9,12-13H,5-6H2,1-4H3. The number of esters is 1. The summed E-state index contributed by atoms with van der Waals surface area (Å²) in [7, 11) is 0. The lowest BCUT2D eigenvalue weighted by Crippen LogP contribution is -2.60. The minimum Gasteiger partial charge on any atom is -0.462 e. The highest BCUT2D eigenvalue weighted by Crippen LogP contribution is 2.40. The van der Waals surface area contributed by atoms with Crippen LogP contribution in [0.3, 0.4) is 0 Å². The molecule has 0 aromatic rings. The molecular weight excluding hydrogens is 194 g/mol. The van der Waals surface area contributed by atoms with Gasteiger partial charge >= 0.3 is 5.97 Å². The van der Waals surface area contributed by atoms with E-state index in [0.29, 0.717) is 6.42 Å². The normalized spacial score (nSPS) is 28.7. The molecule has 2 N–H and O–H groups in total. The average molecular weight is 215 g/mol. The Kier molecular flexibility index (Phi) is 3.73. The van der Waals surface area contributed by atoms with Crippen molar-refractivity contribution in [1.82, 2.24) is 5.32 Å². The summed E-state index contributed by atoms with van der Waals surface area (Å²) < 4.78 is 5.00. The number of hydrogen-bond donors (Lipinski definition) is 2. The van der Waals surface area contributed by atoms with Gasteiger partial charge in [-0.25, -0.2) is 0 Å². The van der Waals surface area contributed by atoms with E-state index in [0.717, 1.165) is 0 Å². The summed E-state index contributed by atoms with van der Waals surface area (Å²) in [4.78, 5) is 11.2. The van der Waals surface area contributed by atoms with Gasteiger partial charge < -0.3 is 15.2 Å². The van der Waals surface area contributed by atoms with Gasteiger partial charge in [0, 0.05) is 11.5 Å². The van der Waals surface area contributed by atoms with Crippen molar-refractivity contribution in [3.05, 3.63) is 0 Å². The highest BCUT2D eigenvalue weighted by molar-refractivity contribution is 5.71. The number of carbonyl (C=O) groups excluding carboxylic acids is 1. The van der Waals surface area contributed by atoms with E-state index in [2.05, 4.69) is 5.32 Å². The summed E-state index contributed by atoms with van der Waals surface area (Å²) in [6.45, 7) is 7.86. The van der Waals surface area contributed by atoms with Gasteiger partial charge in [0.2, 0.25) is 0 Å². The molecule has 4 heteroatoms. The molecule has 0 radical (unpaired) electrons. The Morgan fingerprint density at radius 2 is 2.20 bits per heavy atom. The molecule has 0 aromatic carbocycles.